The van der Waals surface area contributed by atoms with E-state index in [4.69, 9.17) is 9.88 Å². The molecule has 0 saturated carbocycles. The maximum Gasteiger partial charge on any atom is 0.136 e. The normalized spacial score (nSPS) is 15.2. The predicted octanol–water partition coefficient (Wildman–Crippen LogP) is 3.35. The first-order chi connectivity index (χ1) is 8.29. The van der Waals surface area contributed by atoms with Gasteiger partial charge < -0.3 is 4.74 Å². The molecule has 0 heterocycles. The zero-order valence-corrected chi connectivity index (χ0v) is 13.6. The van der Waals surface area contributed by atoms with Crippen LogP contribution in [-0.2, 0) is 11.0 Å². The smallest absolute Gasteiger partial charge is 0.136 e. The number of hydrogen-bond donors (Lipinski definition) is 1. The van der Waals surface area contributed by atoms with E-state index < -0.39 is 15.7 Å². The quantitative estimate of drug-likeness (QED) is 0.898. The summed E-state index contributed by atoms with van der Waals surface area (Å²) in [7, 11) is 0.319. The molecule has 5 heteroatoms. The number of methoxy groups -OCH3 is 1. The number of ether oxygens (including phenoxy) is 1. The Morgan fingerprint density at radius 3 is 2.61 bits per heavy atom. The molecule has 0 aliphatic carbocycles. The number of hydrogen-bond acceptors (Lipinski definition) is 2. The summed E-state index contributed by atoms with van der Waals surface area (Å²) in [4.78, 5) is 0. The maximum absolute atomic E-state index is 11.5. The largest absolute Gasteiger partial charge is 0.495 e. The van der Waals surface area contributed by atoms with Crippen molar-refractivity contribution in [3.8, 4) is 5.75 Å². The summed E-state index contributed by atoms with van der Waals surface area (Å²) in [5.41, 5.74) is 1.10. The highest BCUT2D eigenvalue weighted by molar-refractivity contribution is 9.10. The van der Waals surface area contributed by atoms with Gasteiger partial charge in [0.1, 0.15) is 5.75 Å². The third kappa shape index (κ3) is 3.56. The van der Waals surface area contributed by atoms with Crippen LogP contribution in [0.4, 0.5) is 0 Å². The minimum atomic E-state index is -1.34. The van der Waals surface area contributed by atoms with Gasteiger partial charge >= 0.3 is 0 Å². The van der Waals surface area contributed by atoms with E-state index in [2.05, 4.69) is 22.9 Å². The molecule has 0 saturated heterocycles. The number of nitrogens with two attached hydrogens (primary N) is 1. The molecular formula is C13H20BrNO2S. The van der Waals surface area contributed by atoms with E-state index in [0.717, 1.165) is 22.2 Å². The summed E-state index contributed by atoms with van der Waals surface area (Å²) >= 11 is 3.47. The second-order valence-corrected chi connectivity index (χ2v) is 7.58. The third-order valence-electron chi connectivity index (χ3n) is 3.07. The van der Waals surface area contributed by atoms with E-state index in [0.29, 0.717) is 0 Å². The summed E-state index contributed by atoms with van der Waals surface area (Å²) in [5, 5.41) is 5.53. The lowest BCUT2D eigenvalue weighted by molar-refractivity contribution is 0.400. The Morgan fingerprint density at radius 2 is 2.11 bits per heavy atom. The van der Waals surface area contributed by atoms with E-state index in [9.17, 15) is 4.21 Å². The van der Waals surface area contributed by atoms with Gasteiger partial charge in [-0.15, -0.1) is 0 Å². The van der Waals surface area contributed by atoms with Gasteiger partial charge in [-0.05, 0) is 53.7 Å². The van der Waals surface area contributed by atoms with Crippen LogP contribution in [0.25, 0.3) is 0 Å². The lowest BCUT2D eigenvalue weighted by Gasteiger charge is -2.26. The van der Waals surface area contributed by atoms with Gasteiger partial charge in [-0.1, -0.05) is 19.1 Å². The molecule has 1 aromatic rings. The van der Waals surface area contributed by atoms with Crippen LogP contribution in [0.5, 0.6) is 5.75 Å². The molecule has 0 spiro atoms. The van der Waals surface area contributed by atoms with Crippen LogP contribution in [0.1, 0.15) is 38.7 Å². The van der Waals surface area contributed by atoms with E-state index in [1.54, 1.807) is 7.11 Å². The molecule has 3 nitrogen and oxygen atoms in total. The molecular weight excluding hydrogens is 314 g/mol. The molecule has 2 N–H and O–H groups in total. The van der Waals surface area contributed by atoms with Crippen LogP contribution < -0.4 is 9.88 Å². The van der Waals surface area contributed by atoms with Gasteiger partial charge in [-0.2, -0.15) is 0 Å². The zero-order valence-electron chi connectivity index (χ0n) is 11.2. The molecule has 0 bridgehead atoms. The molecule has 0 aliphatic rings. The Kier molecular flexibility index (Phi) is 5.37. The summed E-state index contributed by atoms with van der Waals surface area (Å²) in [6.07, 6.45) is 0.739. The minimum absolute atomic E-state index is 0.222. The second kappa shape index (κ2) is 6.17. The van der Waals surface area contributed by atoms with Crippen molar-refractivity contribution in [3.05, 3.63) is 28.2 Å². The Balaban J connectivity index is 3.01. The molecule has 0 amide bonds. The van der Waals surface area contributed by atoms with Crippen molar-refractivity contribution in [2.45, 2.75) is 37.9 Å². The molecule has 0 radical (unpaired) electrons. The molecule has 1 unspecified atom stereocenters. The highest BCUT2D eigenvalue weighted by Gasteiger charge is 2.28. The first kappa shape index (κ1) is 15.7. The standard InChI is InChI=1S/C13H20BrNO2S/c1-9(8-13(2,3)18(15)16)10-6-5-7-11(14)12(10)17-4/h5-7,9H,8,15H2,1-4H3/t9-,18?/m1/s1. The highest BCUT2D eigenvalue weighted by atomic mass is 79.9. The highest BCUT2D eigenvalue weighted by Crippen LogP contribution is 2.37. The average molecular weight is 334 g/mol. The molecule has 1 rings (SSSR count). The van der Waals surface area contributed by atoms with Gasteiger partial charge in [0, 0.05) is 0 Å². The average Bonchev–Trinajstić information content (AvgIpc) is 2.27. The second-order valence-electron chi connectivity index (χ2n) is 5.02. The fraction of sp³-hybridized carbons (Fsp3) is 0.538. The Labute approximate surface area is 120 Å². The number of para-hydroxylation sites is 1. The topological polar surface area (TPSA) is 52.3 Å². The summed E-state index contributed by atoms with van der Waals surface area (Å²) in [6.45, 7) is 5.94. The molecule has 102 valence electrons. The van der Waals surface area contributed by atoms with Gasteiger partial charge in [-0.25, -0.2) is 4.21 Å². The van der Waals surface area contributed by atoms with Crippen molar-refractivity contribution in [3.63, 3.8) is 0 Å². The van der Waals surface area contributed by atoms with Crippen LogP contribution in [0, 0.1) is 0 Å². The van der Waals surface area contributed by atoms with E-state index in [1.807, 2.05) is 32.0 Å². The molecule has 0 fully saturated rings. The SMILES string of the molecule is COc1c(Br)cccc1[C@H](C)CC(C)(C)S(N)=O. The fourth-order valence-corrected chi connectivity index (χ4v) is 3.02. The first-order valence-electron chi connectivity index (χ1n) is 5.78. The van der Waals surface area contributed by atoms with E-state index >= 15 is 0 Å². The Bertz CT molecular complexity index is 449. The fourth-order valence-electron chi connectivity index (χ4n) is 2.06. The lowest BCUT2D eigenvalue weighted by Crippen LogP contribution is -2.33. The molecule has 0 aliphatic heterocycles. The van der Waals surface area contributed by atoms with Crippen LogP contribution in [0.15, 0.2) is 22.7 Å². The van der Waals surface area contributed by atoms with Crippen LogP contribution >= 0.6 is 15.9 Å². The van der Waals surface area contributed by atoms with Gasteiger partial charge in [0.15, 0.2) is 0 Å². The first-order valence-corrected chi connectivity index (χ1v) is 7.79. The van der Waals surface area contributed by atoms with Crippen LogP contribution in [0.2, 0.25) is 0 Å². The van der Waals surface area contributed by atoms with Crippen molar-refractivity contribution >= 4 is 26.9 Å². The van der Waals surface area contributed by atoms with Gasteiger partial charge in [0.25, 0.3) is 0 Å². The van der Waals surface area contributed by atoms with Crippen LogP contribution in [-0.4, -0.2) is 16.1 Å². The molecule has 0 aromatic heterocycles. The number of halogens is 1. The monoisotopic (exact) mass is 333 g/mol. The molecule has 18 heavy (non-hydrogen) atoms. The zero-order chi connectivity index (χ0) is 13.9. The lowest BCUT2D eigenvalue weighted by atomic mass is 9.91. The van der Waals surface area contributed by atoms with Gasteiger partial charge in [-0.3, -0.25) is 5.14 Å². The van der Waals surface area contributed by atoms with Crippen molar-refractivity contribution in [2.24, 2.45) is 5.14 Å². The summed E-state index contributed by atoms with van der Waals surface area (Å²) in [5.74, 6) is 1.06. The van der Waals surface area contributed by atoms with E-state index in [1.165, 1.54) is 0 Å². The third-order valence-corrected chi connectivity index (χ3v) is 4.96. The molecule has 2 atom stereocenters. The molecule has 1 aromatic carbocycles. The van der Waals surface area contributed by atoms with E-state index in [-0.39, 0.29) is 5.92 Å². The predicted molar refractivity (Wildman–Crippen MR) is 80.1 cm³/mol. The van der Waals surface area contributed by atoms with Crippen LogP contribution in [0.3, 0.4) is 0 Å². The van der Waals surface area contributed by atoms with Crippen molar-refractivity contribution in [1.29, 1.82) is 0 Å². The summed E-state index contributed by atoms with van der Waals surface area (Å²) < 4.78 is 17.4. The van der Waals surface area contributed by atoms with Crippen molar-refractivity contribution in [1.82, 2.24) is 0 Å². The number of rotatable bonds is 5. The van der Waals surface area contributed by atoms with Crippen molar-refractivity contribution < 1.29 is 8.95 Å². The summed E-state index contributed by atoms with van der Waals surface area (Å²) in [6, 6.07) is 5.95. The number of benzene rings is 1. The minimum Gasteiger partial charge on any atom is -0.495 e. The van der Waals surface area contributed by atoms with Gasteiger partial charge in [0.05, 0.1) is 27.3 Å². The Hall–Kier alpha value is -0.390. The maximum atomic E-state index is 11.5. The van der Waals surface area contributed by atoms with Gasteiger partial charge in [0.2, 0.25) is 0 Å². The Morgan fingerprint density at radius 1 is 1.50 bits per heavy atom. The van der Waals surface area contributed by atoms with Crippen molar-refractivity contribution in [2.75, 3.05) is 7.11 Å².